The van der Waals surface area contributed by atoms with Gasteiger partial charge in [0.1, 0.15) is 0 Å². The second-order valence-electron chi connectivity index (χ2n) is 5.71. The molecule has 0 aromatic rings. The van der Waals surface area contributed by atoms with Gasteiger partial charge < -0.3 is 10.6 Å². The van der Waals surface area contributed by atoms with Crippen LogP contribution in [0.1, 0.15) is 46.0 Å². The molecule has 1 amide bonds. The minimum Gasteiger partial charge on any atom is -0.340 e. The first-order chi connectivity index (χ1) is 7.59. The fourth-order valence-corrected chi connectivity index (χ4v) is 3.16. The van der Waals surface area contributed by atoms with Crippen LogP contribution in [-0.4, -0.2) is 29.4 Å². The van der Waals surface area contributed by atoms with Gasteiger partial charge in [-0.3, -0.25) is 4.79 Å². The van der Waals surface area contributed by atoms with E-state index in [-0.39, 0.29) is 12.0 Å². The number of amides is 1. The van der Waals surface area contributed by atoms with Gasteiger partial charge in [0.15, 0.2) is 0 Å². The Morgan fingerprint density at radius 1 is 1.25 bits per heavy atom. The molecule has 1 saturated heterocycles. The highest BCUT2D eigenvalue weighted by molar-refractivity contribution is 5.80. The molecular formula is C13H24N2O. The molecule has 2 fully saturated rings. The SMILES string of the molecule is CC1CCC(N)C(C(=O)N2CCCC2C)C1. The van der Waals surface area contributed by atoms with Crippen LogP contribution in [0.4, 0.5) is 0 Å². The largest absolute Gasteiger partial charge is 0.340 e. The molecule has 1 heterocycles. The van der Waals surface area contributed by atoms with E-state index in [1.807, 2.05) is 0 Å². The average Bonchev–Trinajstić information content (AvgIpc) is 2.67. The zero-order valence-electron chi connectivity index (χ0n) is 10.5. The van der Waals surface area contributed by atoms with Crippen LogP contribution < -0.4 is 5.73 Å². The number of rotatable bonds is 1. The van der Waals surface area contributed by atoms with Crippen molar-refractivity contribution in [3.8, 4) is 0 Å². The second kappa shape index (κ2) is 4.74. The first-order valence-corrected chi connectivity index (χ1v) is 6.65. The Morgan fingerprint density at radius 2 is 2.00 bits per heavy atom. The normalized spacial score (nSPS) is 40.1. The first-order valence-electron chi connectivity index (χ1n) is 6.65. The summed E-state index contributed by atoms with van der Waals surface area (Å²) in [4.78, 5) is 14.5. The van der Waals surface area contributed by atoms with Crippen LogP contribution in [-0.2, 0) is 4.79 Å². The third-order valence-electron chi connectivity index (χ3n) is 4.32. The fourth-order valence-electron chi connectivity index (χ4n) is 3.16. The molecule has 4 atom stereocenters. The Morgan fingerprint density at radius 3 is 2.62 bits per heavy atom. The van der Waals surface area contributed by atoms with E-state index in [1.54, 1.807) is 0 Å². The number of hydrogen-bond donors (Lipinski definition) is 1. The van der Waals surface area contributed by atoms with Gasteiger partial charge in [0.05, 0.1) is 5.92 Å². The fraction of sp³-hybridized carbons (Fsp3) is 0.923. The zero-order chi connectivity index (χ0) is 11.7. The third-order valence-corrected chi connectivity index (χ3v) is 4.32. The maximum Gasteiger partial charge on any atom is 0.227 e. The van der Waals surface area contributed by atoms with Crippen LogP contribution >= 0.6 is 0 Å². The lowest BCUT2D eigenvalue weighted by atomic mass is 9.78. The van der Waals surface area contributed by atoms with Crippen molar-refractivity contribution >= 4 is 5.91 Å². The van der Waals surface area contributed by atoms with Gasteiger partial charge >= 0.3 is 0 Å². The third kappa shape index (κ3) is 2.24. The highest BCUT2D eigenvalue weighted by Crippen LogP contribution is 2.31. The van der Waals surface area contributed by atoms with E-state index in [4.69, 9.17) is 5.73 Å². The standard InChI is InChI=1S/C13H24N2O/c1-9-5-6-12(14)11(8-9)13(16)15-7-3-4-10(15)2/h9-12H,3-8,14H2,1-2H3. The lowest BCUT2D eigenvalue weighted by molar-refractivity contribution is -0.138. The molecule has 0 spiro atoms. The summed E-state index contributed by atoms with van der Waals surface area (Å²) < 4.78 is 0. The molecule has 0 radical (unpaired) electrons. The first kappa shape index (κ1) is 11.9. The van der Waals surface area contributed by atoms with Crippen molar-refractivity contribution in [3.63, 3.8) is 0 Å². The average molecular weight is 224 g/mol. The van der Waals surface area contributed by atoms with Crippen molar-refractivity contribution in [2.75, 3.05) is 6.54 Å². The van der Waals surface area contributed by atoms with Crippen molar-refractivity contribution in [1.82, 2.24) is 4.90 Å². The molecule has 4 unspecified atom stereocenters. The Labute approximate surface area is 98.4 Å². The van der Waals surface area contributed by atoms with E-state index >= 15 is 0 Å². The van der Waals surface area contributed by atoms with E-state index in [0.717, 1.165) is 32.2 Å². The summed E-state index contributed by atoms with van der Waals surface area (Å²) in [6, 6.07) is 0.522. The maximum absolute atomic E-state index is 12.4. The van der Waals surface area contributed by atoms with E-state index in [9.17, 15) is 4.79 Å². The highest BCUT2D eigenvalue weighted by Gasteiger charge is 2.36. The van der Waals surface area contributed by atoms with Crippen molar-refractivity contribution in [2.45, 2.75) is 58.0 Å². The van der Waals surface area contributed by atoms with Crippen LogP contribution in [0.5, 0.6) is 0 Å². The Kier molecular flexibility index (Phi) is 3.53. The highest BCUT2D eigenvalue weighted by atomic mass is 16.2. The number of nitrogens with zero attached hydrogens (tertiary/aromatic N) is 1. The Hall–Kier alpha value is -0.570. The monoisotopic (exact) mass is 224 g/mol. The molecule has 0 aromatic carbocycles. The summed E-state index contributed by atoms with van der Waals surface area (Å²) in [6.07, 6.45) is 5.50. The number of hydrogen-bond acceptors (Lipinski definition) is 2. The summed E-state index contributed by atoms with van der Waals surface area (Å²) >= 11 is 0. The van der Waals surface area contributed by atoms with Gasteiger partial charge in [-0.1, -0.05) is 6.92 Å². The van der Waals surface area contributed by atoms with Gasteiger partial charge in [-0.05, 0) is 44.9 Å². The summed E-state index contributed by atoms with van der Waals surface area (Å²) in [5.41, 5.74) is 6.11. The van der Waals surface area contributed by atoms with E-state index in [2.05, 4.69) is 18.7 Å². The van der Waals surface area contributed by atoms with Gasteiger partial charge in [0.25, 0.3) is 0 Å². The Bertz CT molecular complexity index is 267. The minimum absolute atomic E-state index is 0.0873. The molecule has 2 aliphatic rings. The van der Waals surface area contributed by atoms with Crippen molar-refractivity contribution in [2.24, 2.45) is 17.6 Å². The van der Waals surface area contributed by atoms with E-state index in [0.29, 0.717) is 17.9 Å². The summed E-state index contributed by atoms with van der Waals surface area (Å²) in [7, 11) is 0. The lowest BCUT2D eigenvalue weighted by Gasteiger charge is -2.35. The summed E-state index contributed by atoms with van der Waals surface area (Å²) in [5, 5.41) is 0. The van der Waals surface area contributed by atoms with Crippen LogP contribution in [0.2, 0.25) is 0 Å². The molecule has 16 heavy (non-hydrogen) atoms. The van der Waals surface area contributed by atoms with Gasteiger partial charge in [0.2, 0.25) is 5.91 Å². The van der Waals surface area contributed by atoms with Crippen LogP contribution in [0.25, 0.3) is 0 Å². The predicted molar refractivity (Wildman–Crippen MR) is 64.9 cm³/mol. The predicted octanol–water partition coefficient (Wildman–Crippen LogP) is 1.76. The van der Waals surface area contributed by atoms with Crippen molar-refractivity contribution in [3.05, 3.63) is 0 Å². The van der Waals surface area contributed by atoms with Gasteiger partial charge in [-0.25, -0.2) is 0 Å². The minimum atomic E-state index is 0.0873. The molecule has 1 aliphatic heterocycles. The quantitative estimate of drug-likeness (QED) is 0.737. The number of nitrogens with two attached hydrogens (primary N) is 1. The topological polar surface area (TPSA) is 46.3 Å². The van der Waals surface area contributed by atoms with Gasteiger partial charge in [-0.2, -0.15) is 0 Å². The molecule has 3 heteroatoms. The lowest BCUT2D eigenvalue weighted by Crippen LogP contribution is -2.47. The molecule has 3 nitrogen and oxygen atoms in total. The molecule has 92 valence electrons. The summed E-state index contributed by atoms with van der Waals surface area (Å²) in [6.45, 7) is 5.33. The van der Waals surface area contributed by atoms with Crippen molar-refractivity contribution < 1.29 is 4.79 Å². The van der Waals surface area contributed by atoms with Crippen LogP contribution in [0.15, 0.2) is 0 Å². The molecule has 1 aliphatic carbocycles. The van der Waals surface area contributed by atoms with Gasteiger partial charge in [-0.15, -0.1) is 0 Å². The van der Waals surface area contributed by atoms with E-state index < -0.39 is 0 Å². The molecular weight excluding hydrogens is 200 g/mol. The zero-order valence-corrected chi connectivity index (χ0v) is 10.5. The summed E-state index contributed by atoms with van der Waals surface area (Å²) in [5.74, 6) is 1.07. The Balaban J connectivity index is 2.02. The second-order valence-corrected chi connectivity index (χ2v) is 5.71. The molecule has 1 saturated carbocycles. The van der Waals surface area contributed by atoms with E-state index in [1.165, 1.54) is 6.42 Å². The van der Waals surface area contributed by atoms with Crippen LogP contribution in [0, 0.1) is 11.8 Å². The van der Waals surface area contributed by atoms with Gasteiger partial charge in [0, 0.05) is 18.6 Å². The molecule has 0 aromatic heterocycles. The number of carbonyl (C=O) groups excluding carboxylic acids is 1. The van der Waals surface area contributed by atoms with Crippen molar-refractivity contribution in [1.29, 1.82) is 0 Å². The molecule has 2 rings (SSSR count). The van der Waals surface area contributed by atoms with Crippen LogP contribution in [0.3, 0.4) is 0 Å². The molecule has 0 bridgehead atoms. The molecule has 2 N–H and O–H groups in total. The number of likely N-dealkylation sites (tertiary alicyclic amines) is 1. The smallest absolute Gasteiger partial charge is 0.227 e. The number of carbonyl (C=O) groups is 1. The maximum atomic E-state index is 12.4.